The highest BCUT2D eigenvalue weighted by molar-refractivity contribution is 7.91. The summed E-state index contributed by atoms with van der Waals surface area (Å²) in [6.45, 7) is 4.10. The van der Waals surface area contributed by atoms with Gasteiger partial charge in [0.2, 0.25) is 0 Å². The van der Waals surface area contributed by atoms with Crippen LogP contribution in [0.1, 0.15) is 56.6 Å². The Kier molecular flexibility index (Phi) is 7.08. The summed E-state index contributed by atoms with van der Waals surface area (Å²) in [6, 6.07) is 13.3. The lowest BCUT2D eigenvalue weighted by atomic mass is 9.69. The Balaban J connectivity index is 2.32. The maximum atomic E-state index is 13.6. The second-order valence-electron chi connectivity index (χ2n) is 10.0. The maximum Gasteiger partial charge on any atom is 0.179 e. The molecule has 1 aliphatic heterocycles. The molecule has 5 nitrogen and oxygen atoms in total. The molecule has 2 aromatic rings. The van der Waals surface area contributed by atoms with E-state index in [1.807, 2.05) is 19.1 Å². The van der Waals surface area contributed by atoms with E-state index in [0.29, 0.717) is 33.5 Å². The summed E-state index contributed by atoms with van der Waals surface area (Å²) in [6.07, 6.45) is 2.29. The van der Waals surface area contributed by atoms with E-state index >= 15 is 0 Å². The first kappa shape index (κ1) is 24.7. The Bertz CT molecular complexity index is 1060. The van der Waals surface area contributed by atoms with E-state index in [4.69, 9.17) is 4.74 Å². The highest BCUT2D eigenvalue weighted by atomic mass is 32.2. The number of rotatable bonds is 7. The number of aliphatic hydroxyl groups excluding tert-OH is 1. The lowest BCUT2D eigenvalue weighted by Gasteiger charge is -2.39. The summed E-state index contributed by atoms with van der Waals surface area (Å²) in [5.74, 6) is 0.0971. The molecule has 176 valence electrons. The topological polar surface area (TPSA) is 63.6 Å². The first-order valence-corrected chi connectivity index (χ1v) is 13.1. The van der Waals surface area contributed by atoms with Crippen molar-refractivity contribution in [1.82, 2.24) is 4.48 Å². The number of hydrogen-bond donors (Lipinski definition) is 1. The van der Waals surface area contributed by atoms with E-state index in [9.17, 15) is 13.5 Å². The lowest BCUT2D eigenvalue weighted by molar-refractivity contribution is 0.0173. The average Bonchev–Trinajstić information content (AvgIpc) is 2.82. The summed E-state index contributed by atoms with van der Waals surface area (Å²) in [7, 11) is 4.29. The highest BCUT2D eigenvalue weighted by Gasteiger charge is 2.49. The molecule has 3 rings (SSSR count). The van der Waals surface area contributed by atoms with Crippen LogP contribution in [0.3, 0.4) is 0 Å². The Morgan fingerprint density at radius 1 is 1.12 bits per heavy atom. The molecular formula is C26H38NO4S+. The Morgan fingerprint density at radius 3 is 2.44 bits per heavy atom. The number of hydrogen-bond acceptors (Lipinski definition) is 4. The van der Waals surface area contributed by atoms with Gasteiger partial charge >= 0.3 is 0 Å². The minimum atomic E-state index is -3.59. The molecule has 0 amide bonds. The van der Waals surface area contributed by atoms with Crippen molar-refractivity contribution in [3.05, 3.63) is 53.6 Å². The first-order chi connectivity index (χ1) is 15.0. The fourth-order valence-electron chi connectivity index (χ4n) is 4.98. The van der Waals surface area contributed by atoms with E-state index in [0.717, 1.165) is 24.1 Å². The molecule has 0 saturated carbocycles. The van der Waals surface area contributed by atoms with Gasteiger partial charge in [0.1, 0.15) is 11.4 Å². The molecule has 2 aromatic carbocycles. The van der Waals surface area contributed by atoms with Gasteiger partial charge in [-0.15, -0.1) is 0 Å². The molecule has 0 fully saturated rings. The number of quaternary nitrogens is 1. The molecule has 32 heavy (non-hydrogen) atoms. The van der Waals surface area contributed by atoms with Gasteiger partial charge in [-0.25, -0.2) is 8.42 Å². The van der Waals surface area contributed by atoms with Crippen molar-refractivity contribution in [2.45, 2.75) is 56.4 Å². The van der Waals surface area contributed by atoms with Gasteiger partial charge in [-0.3, -0.25) is 4.48 Å². The van der Waals surface area contributed by atoms with Crippen molar-refractivity contribution in [2.75, 3.05) is 34.0 Å². The zero-order chi connectivity index (χ0) is 23.7. The number of sulfone groups is 1. The third-order valence-electron chi connectivity index (χ3n) is 7.04. The predicted molar refractivity (Wildman–Crippen MR) is 131 cm³/mol. The molecule has 1 unspecified atom stereocenters. The van der Waals surface area contributed by atoms with Crippen molar-refractivity contribution in [1.29, 1.82) is 0 Å². The van der Waals surface area contributed by atoms with Gasteiger partial charge in [-0.1, -0.05) is 38.8 Å². The van der Waals surface area contributed by atoms with Gasteiger partial charge in [-0.2, -0.15) is 0 Å². The smallest absolute Gasteiger partial charge is 0.179 e. The van der Waals surface area contributed by atoms with Gasteiger partial charge in [0.15, 0.2) is 9.84 Å². The fourth-order valence-corrected chi connectivity index (χ4v) is 7.23. The maximum absolute atomic E-state index is 13.6. The van der Waals surface area contributed by atoms with Crippen LogP contribution in [0.4, 0.5) is 5.69 Å². The van der Waals surface area contributed by atoms with Gasteiger partial charge in [0, 0.05) is 17.4 Å². The number of unbranched alkanes of at least 4 members (excludes halogenated alkanes) is 1. The summed E-state index contributed by atoms with van der Waals surface area (Å²) in [4.78, 5) is 0.310. The fraction of sp³-hybridized carbons (Fsp3) is 0.538. The van der Waals surface area contributed by atoms with Crippen molar-refractivity contribution < 1.29 is 18.3 Å². The molecule has 0 radical (unpaired) electrons. The minimum absolute atomic E-state index is 0.0392. The van der Waals surface area contributed by atoms with Crippen LogP contribution in [0, 0.1) is 5.41 Å². The van der Waals surface area contributed by atoms with Crippen LogP contribution >= 0.6 is 0 Å². The molecule has 1 heterocycles. The van der Waals surface area contributed by atoms with Gasteiger partial charge in [0.05, 0.1) is 45.0 Å². The molecule has 0 saturated heterocycles. The molecule has 0 aliphatic carbocycles. The van der Waals surface area contributed by atoms with E-state index in [1.165, 1.54) is 0 Å². The highest BCUT2D eigenvalue weighted by Crippen LogP contribution is 2.49. The summed E-state index contributed by atoms with van der Waals surface area (Å²) in [5.41, 5.74) is 1.95. The van der Waals surface area contributed by atoms with E-state index in [2.05, 4.69) is 40.2 Å². The number of methoxy groups -OCH3 is 1. The summed E-state index contributed by atoms with van der Waals surface area (Å²) >= 11 is 0. The van der Waals surface area contributed by atoms with Gasteiger partial charge in [0.25, 0.3) is 0 Å². The van der Waals surface area contributed by atoms with Crippen LogP contribution in [0.25, 0.3) is 0 Å². The van der Waals surface area contributed by atoms with Gasteiger partial charge in [-0.05, 0) is 48.2 Å². The average molecular weight is 461 g/mol. The molecule has 0 bridgehead atoms. The molecule has 3 atom stereocenters. The quantitative estimate of drug-likeness (QED) is 0.605. The minimum Gasteiger partial charge on any atom is -0.497 e. The number of benzene rings is 2. The normalized spacial score (nSPS) is 25.1. The van der Waals surface area contributed by atoms with Crippen LogP contribution in [0.5, 0.6) is 5.75 Å². The van der Waals surface area contributed by atoms with Crippen LogP contribution in [0.2, 0.25) is 0 Å². The van der Waals surface area contributed by atoms with Crippen molar-refractivity contribution in [3.8, 4) is 5.75 Å². The second-order valence-corrected chi connectivity index (χ2v) is 12.0. The Morgan fingerprint density at radius 2 is 1.84 bits per heavy atom. The van der Waals surface area contributed by atoms with Crippen molar-refractivity contribution in [2.24, 2.45) is 5.41 Å². The molecular weight excluding hydrogens is 422 g/mol. The zero-order valence-electron chi connectivity index (χ0n) is 20.3. The third-order valence-corrected chi connectivity index (χ3v) is 9.04. The van der Waals surface area contributed by atoms with E-state index in [1.54, 1.807) is 25.3 Å². The second kappa shape index (κ2) is 9.16. The Labute approximate surface area is 193 Å². The number of fused-ring (bicyclic) bond motifs is 1. The van der Waals surface area contributed by atoms with E-state index < -0.39 is 27.3 Å². The largest absolute Gasteiger partial charge is 0.497 e. The third kappa shape index (κ3) is 4.59. The predicted octanol–water partition coefficient (Wildman–Crippen LogP) is 4.76. The lowest BCUT2D eigenvalue weighted by Crippen LogP contribution is -2.42. The number of nitrogens with zero attached hydrogens (tertiary/aromatic N) is 1. The van der Waals surface area contributed by atoms with E-state index in [-0.39, 0.29) is 5.75 Å². The SMILES string of the molecule is CCCCC1(CC)CS(=O)(=O)c2ccc(OC)cc2[C@@H](c2cccc([N+](C)(C)C)c2)[C@H]1O. The number of ether oxygens (including phenoxy) is 1. The number of aliphatic hydroxyl groups is 1. The van der Waals surface area contributed by atoms with Crippen molar-refractivity contribution in [3.63, 3.8) is 0 Å². The molecule has 6 heteroatoms. The molecule has 0 aromatic heterocycles. The first-order valence-electron chi connectivity index (χ1n) is 11.5. The molecule has 1 aliphatic rings. The summed E-state index contributed by atoms with van der Waals surface area (Å²) < 4.78 is 33.3. The van der Waals surface area contributed by atoms with Crippen LogP contribution in [-0.4, -0.2) is 53.6 Å². The Hall–Kier alpha value is -1.89. The van der Waals surface area contributed by atoms with Crippen LogP contribution < -0.4 is 9.22 Å². The van der Waals surface area contributed by atoms with Gasteiger partial charge < -0.3 is 9.84 Å². The van der Waals surface area contributed by atoms with Crippen LogP contribution in [-0.2, 0) is 9.84 Å². The monoisotopic (exact) mass is 460 g/mol. The standard InChI is InChI=1S/C26H38NO4S/c1-7-9-15-26(8-2)18-32(29,30)23-14-13-21(31-6)17-22(23)24(25(26)28)19-11-10-12-20(16-19)27(3,4)5/h10-14,16-17,24-25,28H,7-9,15,18H2,1-6H3/q+1/t24-,25-,26?/m1/s1. The molecule has 0 spiro atoms. The molecule has 1 N–H and O–H groups in total. The van der Waals surface area contributed by atoms with Crippen molar-refractivity contribution >= 4 is 15.5 Å². The zero-order valence-corrected chi connectivity index (χ0v) is 21.1. The summed E-state index contributed by atoms with van der Waals surface area (Å²) in [5, 5.41) is 12.0. The van der Waals surface area contributed by atoms with Crippen LogP contribution in [0.15, 0.2) is 47.4 Å².